The molecule has 9 heteroatoms. The molecule has 0 aromatic carbocycles. The molecule has 0 radical (unpaired) electrons. The maximum Gasteiger partial charge on any atom is 0.275 e. The van der Waals surface area contributed by atoms with Crippen molar-refractivity contribution in [3.8, 4) is 0 Å². The number of hydrogen-bond donors (Lipinski definition) is 3. The van der Waals surface area contributed by atoms with Gasteiger partial charge in [-0.25, -0.2) is 0 Å². The average molecular weight is 479 g/mol. The molecule has 1 amide bonds. The number of H-pyrrole nitrogens is 1. The monoisotopic (exact) mass is 478 g/mol. The van der Waals surface area contributed by atoms with Gasteiger partial charge in [0.15, 0.2) is 0 Å². The van der Waals surface area contributed by atoms with Gasteiger partial charge in [0, 0.05) is 50.7 Å². The fourth-order valence-electron chi connectivity index (χ4n) is 4.90. The highest BCUT2D eigenvalue weighted by Crippen LogP contribution is 2.35. The number of piperazine rings is 1. The molecule has 4 heterocycles. The van der Waals surface area contributed by atoms with Crippen LogP contribution in [0.3, 0.4) is 0 Å². The summed E-state index contributed by atoms with van der Waals surface area (Å²) in [6.07, 6.45) is 9.24. The van der Waals surface area contributed by atoms with E-state index in [-0.39, 0.29) is 11.7 Å². The van der Waals surface area contributed by atoms with Crippen molar-refractivity contribution < 1.29 is 9.53 Å². The molecule has 5 rings (SSSR count). The van der Waals surface area contributed by atoms with Gasteiger partial charge in [0.05, 0.1) is 22.8 Å². The van der Waals surface area contributed by atoms with E-state index in [9.17, 15) is 9.59 Å². The minimum atomic E-state index is -1.23. The van der Waals surface area contributed by atoms with Crippen LogP contribution in [-0.2, 0) is 22.5 Å². The zero-order valence-electron chi connectivity index (χ0n) is 20.5. The van der Waals surface area contributed by atoms with Crippen LogP contribution in [0.15, 0.2) is 46.7 Å². The molecule has 1 aliphatic carbocycles. The number of fused-ring (bicyclic) bond motifs is 1. The van der Waals surface area contributed by atoms with Crippen LogP contribution in [0.1, 0.15) is 44.2 Å². The zero-order chi connectivity index (χ0) is 24.6. The van der Waals surface area contributed by atoms with Gasteiger partial charge < -0.3 is 25.7 Å². The van der Waals surface area contributed by atoms with Crippen LogP contribution in [0.4, 0.5) is 0 Å². The van der Waals surface area contributed by atoms with Gasteiger partial charge in [-0.15, -0.1) is 0 Å². The summed E-state index contributed by atoms with van der Waals surface area (Å²) >= 11 is 0. The van der Waals surface area contributed by atoms with Gasteiger partial charge in [0.2, 0.25) is 5.72 Å². The van der Waals surface area contributed by atoms with Crippen LogP contribution >= 0.6 is 0 Å². The lowest BCUT2D eigenvalue weighted by Crippen LogP contribution is -2.59. The number of nitrogens with one attached hydrogen (secondary N) is 2. The van der Waals surface area contributed by atoms with Crippen LogP contribution in [0.2, 0.25) is 0 Å². The Labute approximate surface area is 205 Å². The summed E-state index contributed by atoms with van der Waals surface area (Å²) in [5.74, 6) is -0.492. The Morgan fingerprint density at radius 3 is 2.63 bits per heavy atom. The third-order valence-electron chi connectivity index (χ3n) is 7.14. The highest BCUT2D eigenvalue weighted by molar-refractivity contribution is 5.87. The van der Waals surface area contributed by atoms with Crippen LogP contribution in [0.5, 0.6) is 0 Å². The number of rotatable bonds is 8. The van der Waals surface area contributed by atoms with Gasteiger partial charge in [0.1, 0.15) is 0 Å². The average Bonchev–Trinajstić information content (AvgIpc) is 3.68. The van der Waals surface area contributed by atoms with Crippen molar-refractivity contribution in [1.82, 2.24) is 25.1 Å². The largest absolute Gasteiger partial charge is 0.368 e. The molecule has 186 valence electrons. The van der Waals surface area contributed by atoms with Crippen LogP contribution in [-0.4, -0.2) is 63.7 Å². The first-order chi connectivity index (χ1) is 16.9. The second-order valence-corrected chi connectivity index (χ2v) is 9.62. The summed E-state index contributed by atoms with van der Waals surface area (Å²) in [6.45, 7) is 8.30. The Balaban J connectivity index is 1.23. The molecule has 1 saturated heterocycles. The number of nitrogens with two attached hydrogens (primary N) is 1. The standard InChI is InChI=1S/C26H34N6O3/c1-3-18-12-22-23(30-24(18)33)11-17(14-28-22)16-31-7-9-32(10-8-31)20-13-19(4-2)26(25(27)34,29-15-20)35-21-5-6-21/h11-15,21,29H,3-10,16H2,1-2H3,(H2,27,34)(H,30,33). The Morgan fingerprint density at radius 2 is 1.97 bits per heavy atom. The lowest BCUT2D eigenvalue weighted by molar-refractivity contribution is -0.143. The molecule has 9 nitrogen and oxygen atoms in total. The Hall–Kier alpha value is -3.17. The van der Waals surface area contributed by atoms with E-state index in [1.165, 1.54) is 0 Å². The third kappa shape index (κ3) is 4.70. The molecule has 1 unspecified atom stereocenters. The fraction of sp³-hybridized carbons (Fsp3) is 0.500. The summed E-state index contributed by atoms with van der Waals surface area (Å²) in [7, 11) is 0. The molecule has 3 aliphatic rings. The van der Waals surface area contributed by atoms with Crippen molar-refractivity contribution in [2.24, 2.45) is 5.73 Å². The smallest absolute Gasteiger partial charge is 0.275 e. The number of nitrogens with zero attached hydrogens (tertiary/aromatic N) is 3. The molecule has 0 spiro atoms. The molecular formula is C26H34N6O3. The molecule has 1 saturated carbocycles. The van der Waals surface area contributed by atoms with E-state index in [2.05, 4.69) is 31.2 Å². The van der Waals surface area contributed by atoms with Crippen molar-refractivity contribution in [2.75, 3.05) is 26.2 Å². The number of carbonyl (C=O) groups excluding carboxylic acids is 1. The van der Waals surface area contributed by atoms with Gasteiger partial charge in [-0.1, -0.05) is 13.8 Å². The number of carbonyl (C=O) groups is 1. The van der Waals surface area contributed by atoms with E-state index in [1.54, 1.807) is 0 Å². The number of hydrogen-bond acceptors (Lipinski definition) is 7. The highest BCUT2D eigenvalue weighted by Gasteiger charge is 2.46. The van der Waals surface area contributed by atoms with Gasteiger partial charge in [-0.2, -0.15) is 0 Å². The number of primary amides is 1. The fourth-order valence-corrected chi connectivity index (χ4v) is 4.90. The van der Waals surface area contributed by atoms with Gasteiger partial charge >= 0.3 is 0 Å². The first kappa shape index (κ1) is 23.6. The normalized spacial score (nSPS) is 23.1. The summed E-state index contributed by atoms with van der Waals surface area (Å²) in [4.78, 5) is 36.8. The van der Waals surface area contributed by atoms with E-state index < -0.39 is 11.6 Å². The summed E-state index contributed by atoms with van der Waals surface area (Å²) in [5.41, 5.74) is 9.88. The van der Waals surface area contributed by atoms with Crippen LogP contribution in [0.25, 0.3) is 11.0 Å². The minimum absolute atomic E-state index is 0.0377. The van der Waals surface area contributed by atoms with E-state index in [4.69, 9.17) is 10.5 Å². The first-order valence-corrected chi connectivity index (χ1v) is 12.6. The molecule has 4 N–H and O–H groups in total. The molecule has 1 atom stereocenters. The SMILES string of the molecule is CCC1=CC(N2CCN(Cc3cnc4cc(CC)c(=O)[nH]c4c3)CC2)=CNC1(OC1CC1)C(N)=O. The first-order valence-electron chi connectivity index (χ1n) is 12.6. The number of aromatic amines is 1. The Kier molecular flexibility index (Phi) is 6.37. The summed E-state index contributed by atoms with van der Waals surface area (Å²) < 4.78 is 6.07. The zero-order valence-corrected chi connectivity index (χ0v) is 20.5. The van der Waals surface area contributed by atoms with E-state index >= 15 is 0 Å². The van der Waals surface area contributed by atoms with Crippen molar-refractivity contribution in [3.63, 3.8) is 0 Å². The second kappa shape index (κ2) is 9.47. The summed E-state index contributed by atoms with van der Waals surface area (Å²) in [6, 6.07) is 3.91. The molecule has 35 heavy (non-hydrogen) atoms. The van der Waals surface area contributed by atoms with E-state index in [0.717, 1.165) is 79.0 Å². The summed E-state index contributed by atoms with van der Waals surface area (Å²) in [5, 5.41) is 3.21. The molecule has 2 aliphatic heterocycles. The Morgan fingerprint density at radius 1 is 1.20 bits per heavy atom. The minimum Gasteiger partial charge on any atom is -0.368 e. The number of ether oxygens (including phenoxy) is 1. The maximum absolute atomic E-state index is 12.4. The topological polar surface area (TPSA) is 117 Å². The van der Waals surface area contributed by atoms with Gasteiger partial charge in [0.25, 0.3) is 11.5 Å². The molecule has 2 fully saturated rings. The van der Waals surface area contributed by atoms with Crippen molar-refractivity contribution in [2.45, 2.75) is 57.9 Å². The van der Waals surface area contributed by atoms with Gasteiger partial charge in [-0.05, 0) is 55.0 Å². The quantitative estimate of drug-likeness (QED) is 0.529. The highest BCUT2D eigenvalue weighted by atomic mass is 16.5. The molecule has 2 aromatic rings. The number of amides is 1. The molecule has 0 bridgehead atoms. The van der Waals surface area contributed by atoms with E-state index in [0.29, 0.717) is 12.8 Å². The molecule has 2 aromatic heterocycles. The number of allylic oxidation sites excluding steroid dienone is 1. The number of pyridine rings is 2. The van der Waals surface area contributed by atoms with Crippen molar-refractivity contribution in [1.29, 1.82) is 0 Å². The number of dihydropyridines is 1. The predicted octanol–water partition coefficient (Wildman–Crippen LogP) is 1.74. The lowest BCUT2D eigenvalue weighted by atomic mass is 9.95. The third-order valence-corrected chi connectivity index (χ3v) is 7.14. The van der Waals surface area contributed by atoms with Crippen LogP contribution in [0, 0.1) is 0 Å². The second-order valence-electron chi connectivity index (χ2n) is 9.62. The number of aryl methyl sites for hydroxylation is 1. The van der Waals surface area contributed by atoms with Crippen molar-refractivity contribution >= 4 is 16.9 Å². The Bertz CT molecular complexity index is 1240. The van der Waals surface area contributed by atoms with Crippen molar-refractivity contribution in [3.05, 3.63) is 63.4 Å². The van der Waals surface area contributed by atoms with E-state index in [1.807, 2.05) is 38.4 Å². The predicted molar refractivity (Wildman–Crippen MR) is 134 cm³/mol. The van der Waals surface area contributed by atoms with Gasteiger partial charge in [-0.3, -0.25) is 19.5 Å². The lowest BCUT2D eigenvalue weighted by Gasteiger charge is -2.41. The van der Waals surface area contributed by atoms with Crippen LogP contribution < -0.4 is 16.6 Å². The maximum atomic E-state index is 12.4. The molecular weight excluding hydrogens is 444 g/mol. The number of aromatic nitrogens is 2.